The molecule has 0 bridgehead atoms. The maximum absolute atomic E-state index is 5.41. The molecule has 1 aromatic heterocycles. The van der Waals surface area contributed by atoms with Crippen LogP contribution >= 0.6 is 0 Å². The fraction of sp³-hybridized carbons (Fsp3) is 0.867. The van der Waals surface area contributed by atoms with Crippen molar-refractivity contribution in [2.75, 3.05) is 6.54 Å². The van der Waals surface area contributed by atoms with Crippen molar-refractivity contribution in [1.82, 2.24) is 15.5 Å². The van der Waals surface area contributed by atoms with Gasteiger partial charge in [-0.25, -0.2) is 0 Å². The standard InChI is InChI=1S/C15H25N3O/c1-11-5-6-12(10-11)15-17-14(19-18-15)8-7-13-4-2-3-9-16-13/h11-13,16H,2-10H2,1H3. The zero-order valence-corrected chi connectivity index (χ0v) is 11.9. The lowest BCUT2D eigenvalue weighted by Gasteiger charge is -2.22. The number of hydrogen-bond donors (Lipinski definition) is 1. The normalized spacial score (nSPS) is 31.7. The third-order valence-corrected chi connectivity index (χ3v) is 4.66. The second-order valence-electron chi connectivity index (χ2n) is 6.35. The van der Waals surface area contributed by atoms with Gasteiger partial charge in [-0.15, -0.1) is 0 Å². The van der Waals surface area contributed by atoms with E-state index in [4.69, 9.17) is 4.52 Å². The van der Waals surface area contributed by atoms with Gasteiger partial charge in [-0.1, -0.05) is 18.5 Å². The quantitative estimate of drug-likeness (QED) is 0.907. The maximum Gasteiger partial charge on any atom is 0.226 e. The maximum atomic E-state index is 5.41. The van der Waals surface area contributed by atoms with E-state index in [0.717, 1.165) is 30.5 Å². The van der Waals surface area contributed by atoms with Crippen molar-refractivity contribution in [3.63, 3.8) is 0 Å². The third kappa shape index (κ3) is 3.35. The van der Waals surface area contributed by atoms with Crippen molar-refractivity contribution in [1.29, 1.82) is 0 Å². The van der Waals surface area contributed by atoms with Crippen molar-refractivity contribution in [3.8, 4) is 0 Å². The van der Waals surface area contributed by atoms with Crippen LogP contribution in [0, 0.1) is 5.92 Å². The Hall–Kier alpha value is -0.900. The summed E-state index contributed by atoms with van der Waals surface area (Å²) in [6.07, 6.45) is 9.78. The monoisotopic (exact) mass is 263 g/mol. The summed E-state index contributed by atoms with van der Waals surface area (Å²) in [5.41, 5.74) is 0. The Morgan fingerprint density at radius 3 is 2.95 bits per heavy atom. The molecule has 0 amide bonds. The summed E-state index contributed by atoms with van der Waals surface area (Å²) in [5.74, 6) is 3.15. The van der Waals surface area contributed by atoms with Crippen LogP contribution in [0.3, 0.4) is 0 Å². The first kappa shape index (κ1) is 13.1. The van der Waals surface area contributed by atoms with Crippen LogP contribution in [0.4, 0.5) is 0 Å². The van der Waals surface area contributed by atoms with Gasteiger partial charge >= 0.3 is 0 Å². The van der Waals surface area contributed by atoms with Crippen LogP contribution in [-0.4, -0.2) is 22.7 Å². The van der Waals surface area contributed by atoms with Gasteiger partial charge < -0.3 is 9.84 Å². The molecule has 4 heteroatoms. The molecule has 1 aliphatic carbocycles. The largest absolute Gasteiger partial charge is 0.339 e. The number of rotatable bonds is 4. The summed E-state index contributed by atoms with van der Waals surface area (Å²) in [4.78, 5) is 4.61. The van der Waals surface area contributed by atoms with Crippen molar-refractivity contribution in [2.45, 2.75) is 70.3 Å². The van der Waals surface area contributed by atoms with Crippen LogP contribution in [0.2, 0.25) is 0 Å². The summed E-state index contributed by atoms with van der Waals surface area (Å²) in [5, 5.41) is 7.76. The van der Waals surface area contributed by atoms with Crippen LogP contribution in [0.25, 0.3) is 0 Å². The molecule has 4 nitrogen and oxygen atoms in total. The molecular weight excluding hydrogens is 238 g/mol. The summed E-state index contributed by atoms with van der Waals surface area (Å²) >= 11 is 0. The fourth-order valence-electron chi connectivity index (χ4n) is 3.45. The number of piperidine rings is 1. The van der Waals surface area contributed by atoms with Crippen molar-refractivity contribution < 1.29 is 4.52 Å². The highest BCUT2D eigenvalue weighted by Crippen LogP contribution is 2.36. The molecule has 3 atom stereocenters. The Bertz CT molecular complexity index is 398. The van der Waals surface area contributed by atoms with Crippen molar-refractivity contribution >= 4 is 0 Å². The van der Waals surface area contributed by atoms with E-state index in [1.165, 1.54) is 45.1 Å². The molecule has 1 aromatic rings. The first-order chi connectivity index (χ1) is 9.31. The Morgan fingerprint density at radius 2 is 2.21 bits per heavy atom. The summed E-state index contributed by atoms with van der Waals surface area (Å²) < 4.78 is 5.41. The van der Waals surface area contributed by atoms with Crippen LogP contribution in [-0.2, 0) is 6.42 Å². The lowest BCUT2D eigenvalue weighted by atomic mass is 10.0. The van der Waals surface area contributed by atoms with Gasteiger partial charge in [-0.3, -0.25) is 0 Å². The topological polar surface area (TPSA) is 51.0 Å². The van der Waals surface area contributed by atoms with Crippen LogP contribution < -0.4 is 5.32 Å². The molecule has 0 radical (unpaired) electrons. The highest BCUT2D eigenvalue weighted by molar-refractivity contribution is 4.99. The highest BCUT2D eigenvalue weighted by atomic mass is 16.5. The predicted molar refractivity (Wildman–Crippen MR) is 74.0 cm³/mol. The molecule has 2 heterocycles. The summed E-state index contributed by atoms with van der Waals surface area (Å²) in [6, 6.07) is 0.649. The molecule has 1 aliphatic heterocycles. The van der Waals surface area contributed by atoms with Gasteiger partial charge in [0.1, 0.15) is 0 Å². The molecule has 0 spiro atoms. The Labute approximate surface area is 115 Å². The lowest BCUT2D eigenvalue weighted by molar-refractivity contribution is 0.339. The number of nitrogens with zero attached hydrogens (tertiary/aromatic N) is 2. The number of nitrogens with one attached hydrogen (secondary N) is 1. The Kier molecular flexibility index (Phi) is 4.16. The molecule has 2 fully saturated rings. The molecule has 1 saturated carbocycles. The van der Waals surface area contributed by atoms with Gasteiger partial charge in [0.05, 0.1) is 0 Å². The van der Waals surface area contributed by atoms with Crippen LogP contribution in [0.1, 0.15) is 69.5 Å². The number of hydrogen-bond acceptors (Lipinski definition) is 4. The fourth-order valence-corrected chi connectivity index (χ4v) is 3.45. The van der Waals surface area contributed by atoms with Crippen LogP contribution in [0.15, 0.2) is 4.52 Å². The van der Waals surface area contributed by atoms with E-state index in [0.29, 0.717) is 12.0 Å². The highest BCUT2D eigenvalue weighted by Gasteiger charge is 2.26. The minimum atomic E-state index is 0.542. The molecule has 0 aromatic carbocycles. The average Bonchev–Trinajstić information content (AvgIpc) is 3.06. The second-order valence-corrected chi connectivity index (χ2v) is 6.35. The van der Waals surface area contributed by atoms with E-state index >= 15 is 0 Å². The molecule has 106 valence electrons. The minimum absolute atomic E-state index is 0.542. The first-order valence-electron chi connectivity index (χ1n) is 7.87. The van der Waals surface area contributed by atoms with Crippen molar-refractivity contribution in [2.24, 2.45) is 5.92 Å². The van der Waals surface area contributed by atoms with E-state index in [2.05, 4.69) is 22.4 Å². The molecule has 2 aliphatic rings. The zero-order chi connectivity index (χ0) is 13.1. The Morgan fingerprint density at radius 1 is 1.26 bits per heavy atom. The van der Waals surface area contributed by atoms with E-state index in [9.17, 15) is 0 Å². The molecule has 3 unspecified atom stereocenters. The SMILES string of the molecule is CC1CCC(c2noc(CCC3CCCCN3)n2)C1. The summed E-state index contributed by atoms with van der Waals surface area (Å²) in [7, 11) is 0. The third-order valence-electron chi connectivity index (χ3n) is 4.66. The van der Waals surface area contributed by atoms with E-state index in [1.54, 1.807) is 0 Å². The number of aromatic nitrogens is 2. The smallest absolute Gasteiger partial charge is 0.226 e. The first-order valence-corrected chi connectivity index (χ1v) is 7.87. The van der Waals surface area contributed by atoms with Gasteiger partial charge in [0, 0.05) is 18.4 Å². The predicted octanol–water partition coefficient (Wildman–Crippen LogP) is 3.05. The van der Waals surface area contributed by atoms with Gasteiger partial charge in [0.15, 0.2) is 5.82 Å². The van der Waals surface area contributed by atoms with E-state index in [-0.39, 0.29) is 0 Å². The molecule has 3 rings (SSSR count). The van der Waals surface area contributed by atoms with Gasteiger partial charge in [-0.2, -0.15) is 4.98 Å². The van der Waals surface area contributed by atoms with Crippen molar-refractivity contribution in [3.05, 3.63) is 11.7 Å². The Balaban J connectivity index is 1.50. The van der Waals surface area contributed by atoms with Gasteiger partial charge in [0.25, 0.3) is 0 Å². The summed E-state index contributed by atoms with van der Waals surface area (Å²) in [6.45, 7) is 3.48. The van der Waals surface area contributed by atoms with Gasteiger partial charge in [0.2, 0.25) is 5.89 Å². The van der Waals surface area contributed by atoms with Crippen LogP contribution in [0.5, 0.6) is 0 Å². The molecule has 1 saturated heterocycles. The molecule has 1 N–H and O–H groups in total. The lowest BCUT2D eigenvalue weighted by Crippen LogP contribution is -2.34. The molecular formula is C15H25N3O. The average molecular weight is 263 g/mol. The number of aryl methyl sites for hydroxylation is 1. The minimum Gasteiger partial charge on any atom is -0.339 e. The molecule has 19 heavy (non-hydrogen) atoms. The van der Waals surface area contributed by atoms with Gasteiger partial charge in [-0.05, 0) is 51.0 Å². The zero-order valence-electron chi connectivity index (χ0n) is 11.9. The van der Waals surface area contributed by atoms with E-state index < -0.39 is 0 Å². The second kappa shape index (κ2) is 6.04. The van der Waals surface area contributed by atoms with E-state index in [1.807, 2.05) is 0 Å².